The monoisotopic (exact) mass is 386 g/mol. The van der Waals surface area contributed by atoms with Gasteiger partial charge in [0, 0.05) is 36.8 Å². The first-order valence-corrected chi connectivity index (χ1v) is 9.48. The molecule has 1 atom stereocenters. The van der Waals surface area contributed by atoms with Gasteiger partial charge in [0.1, 0.15) is 0 Å². The van der Waals surface area contributed by atoms with Crippen molar-refractivity contribution in [3.05, 3.63) is 70.2 Å². The van der Waals surface area contributed by atoms with Crippen LogP contribution in [-0.2, 0) is 13.1 Å². The van der Waals surface area contributed by atoms with Crippen LogP contribution in [0.25, 0.3) is 0 Å². The maximum absolute atomic E-state index is 12.3. The van der Waals surface area contributed by atoms with Gasteiger partial charge >= 0.3 is 0 Å². The second-order valence-electron chi connectivity index (χ2n) is 6.39. The Balaban J connectivity index is 1.89. The zero-order chi connectivity index (χ0) is 19.6. The number of halogens is 1. The zero-order valence-corrected chi connectivity index (χ0v) is 16.8. The molecule has 2 aromatic carbocycles. The summed E-state index contributed by atoms with van der Waals surface area (Å²) in [5.74, 6) is 0.649. The summed E-state index contributed by atoms with van der Waals surface area (Å²) >= 11 is 5.91. The van der Waals surface area contributed by atoms with Crippen LogP contribution < -0.4 is 16.0 Å². The summed E-state index contributed by atoms with van der Waals surface area (Å²) in [6.45, 7) is 5.27. The number of nitrogens with one attached hydrogen (secondary N) is 3. The molecule has 0 bridgehead atoms. The third-order valence-corrected chi connectivity index (χ3v) is 4.49. The molecule has 2 aromatic rings. The molecule has 6 heteroatoms. The van der Waals surface area contributed by atoms with Gasteiger partial charge in [-0.05, 0) is 48.7 Å². The standard InChI is InChI=1S/C21H27ClN4O/c1-4-15(2)26-20(27)18-7-5-6-17(12-18)14-25-21(23-3)24-13-16-8-10-19(22)11-9-16/h5-12,15H,4,13-14H2,1-3H3,(H,26,27)(H2,23,24,25). The van der Waals surface area contributed by atoms with E-state index in [9.17, 15) is 4.79 Å². The molecule has 0 aliphatic heterocycles. The van der Waals surface area contributed by atoms with Gasteiger partial charge in [0.15, 0.2) is 5.96 Å². The third-order valence-electron chi connectivity index (χ3n) is 4.24. The normalized spacial score (nSPS) is 12.4. The molecule has 5 nitrogen and oxygen atoms in total. The van der Waals surface area contributed by atoms with Gasteiger partial charge in [-0.3, -0.25) is 9.79 Å². The number of amides is 1. The van der Waals surface area contributed by atoms with E-state index in [-0.39, 0.29) is 11.9 Å². The largest absolute Gasteiger partial charge is 0.352 e. The van der Waals surface area contributed by atoms with Crippen molar-refractivity contribution in [3.8, 4) is 0 Å². The molecule has 1 amide bonds. The van der Waals surface area contributed by atoms with E-state index in [1.54, 1.807) is 7.05 Å². The number of carbonyl (C=O) groups excluding carboxylic acids is 1. The highest BCUT2D eigenvalue weighted by Crippen LogP contribution is 2.09. The average molecular weight is 387 g/mol. The van der Waals surface area contributed by atoms with Crippen molar-refractivity contribution in [3.63, 3.8) is 0 Å². The Morgan fingerprint density at radius 1 is 1.07 bits per heavy atom. The molecule has 1 unspecified atom stereocenters. The van der Waals surface area contributed by atoms with E-state index in [0.717, 1.165) is 22.6 Å². The van der Waals surface area contributed by atoms with Gasteiger partial charge in [0.05, 0.1) is 0 Å². The van der Waals surface area contributed by atoms with Crippen LogP contribution in [0.2, 0.25) is 5.02 Å². The van der Waals surface area contributed by atoms with Gasteiger partial charge in [0.2, 0.25) is 0 Å². The molecule has 0 aliphatic rings. The van der Waals surface area contributed by atoms with Crippen molar-refractivity contribution >= 4 is 23.5 Å². The molecule has 0 fully saturated rings. The summed E-state index contributed by atoms with van der Waals surface area (Å²) in [7, 11) is 1.73. The lowest BCUT2D eigenvalue weighted by Crippen LogP contribution is -2.36. The Kier molecular flexibility index (Phi) is 8.14. The summed E-state index contributed by atoms with van der Waals surface area (Å²) in [6, 6.07) is 15.5. The highest BCUT2D eigenvalue weighted by molar-refractivity contribution is 6.30. The van der Waals surface area contributed by atoms with Gasteiger partial charge in [-0.25, -0.2) is 0 Å². The fraction of sp³-hybridized carbons (Fsp3) is 0.333. The smallest absolute Gasteiger partial charge is 0.251 e. The highest BCUT2D eigenvalue weighted by Gasteiger charge is 2.09. The van der Waals surface area contributed by atoms with E-state index in [4.69, 9.17) is 11.6 Å². The molecule has 0 aromatic heterocycles. The number of benzene rings is 2. The maximum Gasteiger partial charge on any atom is 0.251 e. The van der Waals surface area contributed by atoms with E-state index in [0.29, 0.717) is 24.6 Å². The van der Waals surface area contributed by atoms with Crippen LogP contribution in [0.3, 0.4) is 0 Å². The second-order valence-corrected chi connectivity index (χ2v) is 6.83. The number of hydrogen-bond donors (Lipinski definition) is 3. The van der Waals surface area contributed by atoms with Gasteiger partial charge in [0.25, 0.3) is 5.91 Å². The molecule has 0 radical (unpaired) electrons. The maximum atomic E-state index is 12.3. The minimum Gasteiger partial charge on any atom is -0.352 e. The van der Waals surface area contributed by atoms with Crippen LogP contribution in [0.4, 0.5) is 0 Å². The van der Waals surface area contributed by atoms with Crippen molar-refractivity contribution in [1.29, 1.82) is 0 Å². The summed E-state index contributed by atoms with van der Waals surface area (Å²) in [5.41, 5.74) is 2.80. The van der Waals surface area contributed by atoms with Crippen LogP contribution in [0.5, 0.6) is 0 Å². The lowest BCUT2D eigenvalue weighted by atomic mass is 10.1. The van der Waals surface area contributed by atoms with E-state index < -0.39 is 0 Å². The van der Waals surface area contributed by atoms with Crippen molar-refractivity contribution in [2.24, 2.45) is 4.99 Å². The highest BCUT2D eigenvalue weighted by atomic mass is 35.5. The number of nitrogens with zero attached hydrogens (tertiary/aromatic N) is 1. The summed E-state index contributed by atoms with van der Waals surface area (Å²) in [6.07, 6.45) is 0.905. The van der Waals surface area contributed by atoms with Gasteiger partial charge in [-0.1, -0.05) is 42.8 Å². The molecule has 144 valence electrons. The summed E-state index contributed by atoms with van der Waals surface area (Å²) < 4.78 is 0. The van der Waals surface area contributed by atoms with Crippen molar-refractivity contribution in [1.82, 2.24) is 16.0 Å². The molecule has 0 saturated carbocycles. The Labute approximate surface area is 166 Å². The van der Waals surface area contributed by atoms with Crippen molar-refractivity contribution in [2.75, 3.05) is 7.05 Å². The van der Waals surface area contributed by atoms with E-state index in [1.807, 2.05) is 62.4 Å². The molecule has 0 aliphatic carbocycles. The number of guanidine groups is 1. The van der Waals surface area contributed by atoms with E-state index >= 15 is 0 Å². The zero-order valence-electron chi connectivity index (χ0n) is 16.1. The minimum atomic E-state index is -0.0450. The van der Waals surface area contributed by atoms with E-state index in [2.05, 4.69) is 20.9 Å². The first-order chi connectivity index (χ1) is 13.0. The molecular formula is C21H27ClN4O. The molecule has 27 heavy (non-hydrogen) atoms. The molecule has 2 rings (SSSR count). The first kappa shape index (κ1) is 20.8. The minimum absolute atomic E-state index is 0.0450. The number of rotatable bonds is 7. The Morgan fingerprint density at radius 3 is 2.37 bits per heavy atom. The molecule has 3 N–H and O–H groups in total. The van der Waals surface area contributed by atoms with Crippen LogP contribution in [0, 0.1) is 0 Å². The average Bonchev–Trinajstić information content (AvgIpc) is 2.69. The number of aliphatic imine (C=N–C) groups is 1. The lowest BCUT2D eigenvalue weighted by Gasteiger charge is -2.14. The molecule has 0 heterocycles. The SMILES string of the molecule is CCC(C)NC(=O)c1cccc(CNC(=NC)NCc2ccc(Cl)cc2)c1. The van der Waals surface area contributed by atoms with Crippen LogP contribution in [0.15, 0.2) is 53.5 Å². The Hall–Kier alpha value is -2.53. The van der Waals surface area contributed by atoms with Crippen molar-refractivity contribution in [2.45, 2.75) is 39.4 Å². The van der Waals surface area contributed by atoms with Gasteiger partial charge < -0.3 is 16.0 Å². The van der Waals surface area contributed by atoms with E-state index in [1.165, 1.54) is 0 Å². The van der Waals surface area contributed by atoms with Crippen LogP contribution >= 0.6 is 11.6 Å². The fourth-order valence-electron chi connectivity index (χ4n) is 2.43. The van der Waals surface area contributed by atoms with Crippen LogP contribution in [0.1, 0.15) is 41.8 Å². The Bertz CT molecular complexity index is 774. The second kappa shape index (κ2) is 10.6. The van der Waals surface area contributed by atoms with Gasteiger partial charge in [-0.2, -0.15) is 0 Å². The predicted octanol–water partition coefficient (Wildman–Crippen LogP) is 3.73. The topological polar surface area (TPSA) is 65.5 Å². The molecular weight excluding hydrogens is 360 g/mol. The van der Waals surface area contributed by atoms with Crippen molar-refractivity contribution < 1.29 is 4.79 Å². The molecule has 0 saturated heterocycles. The number of carbonyl (C=O) groups is 1. The Morgan fingerprint density at radius 2 is 1.74 bits per heavy atom. The summed E-state index contributed by atoms with van der Waals surface area (Å²) in [5, 5.41) is 10.2. The van der Waals surface area contributed by atoms with Gasteiger partial charge in [-0.15, -0.1) is 0 Å². The number of hydrogen-bond acceptors (Lipinski definition) is 2. The third kappa shape index (κ3) is 6.94. The first-order valence-electron chi connectivity index (χ1n) is 9.10. The van der Waals surface area contributed by atoms with Crippen LogP contribution in [-0.4, -0.2) is 25.0 Å². The fourth-order valence-corrected chi connectivity index (χ4v) is 2.55. The summed E-state index contributed by atoms with van der Waals surface area (Å²) in [4.78, 5) is 16.5. The predicted molar refractivity (Wildman–Crippen MR) is 112 cm³/mol. The quantitative estimate of drug-likeness (QED) is 0.501. The molecule has 0 spiro atoms. The lowest BCUT2D eigenvalue weighted by molar-refractivity contribution is 0.0939.